The molecule has 8 heteroatoms. The number of nitrogens with zero attached hydrogens (tertiary/aromatic N) is 1. The maximum absolute atomic E-state index is 12.5. The van der Waals surface area contributed by atoms with Crippen LogP contribution in [0.3, 0.4) is 0 Å². The van der Waals surface area contributed by atoms with Gasteiger partial charge in [0.2, 0.25) is 10.0 Å². The molecule has 1 atom stereocenters. The molecule has 0 aliphatic carbocycles. The Hall–Kier alpha value is -0.920. The summed E-state index contributed by atoms with van der Waals surface area (Å²) < 4.78 is 27.7. The first-order valence-corrected chi connectivity index (χ1v) is 10.1. The number of hydrogen-bond donors (Lipinski definition) is 2. The van der Waals surface area contributed by atoms with Crippen LogP contribution < -0.4 is 10.0 Å². The Labute approximate surface area is 169 Å². The van der Waals surface area contributed by atoms with Crippen molar-refractivity contribution in [1.29, 1.82) is 0 Å². The van der Waals surface area contributed by atoms with Gasteiger partial charge in [0.15, 0.2) is 0 Å². The quantitative estimate of drug-likeness (QED) is 0.570. The lowest BCUT2D eigenvalue weighted by Crippen LogP contribution is -2.40. The van der Waals surface area contributed by atoms with Gasteiger partial charge in [0.05, 0.1) is 4.90 Å². The summed E-state index contributed by atoms with van der Waals surface area (Å²) in [5, 5.41) is 5.11. The lowest BCUT2D eigenvalue weighted by Gasteiger charge is -2.15. The van der Waals surface area contributed by atoms with Crippen LogP contribution in [0.2, 0.25) is 0 Å². The normalized spacial score (nSPS) is 12.2. The Bertz CT molecular complexity index is 757. The fourth-order valence-electron chi connectivity index (χ4n) is 2.60. The van der Waals surface area contributed by atoms with Gasteiger partial charge in [-0.2, -0.15) is 0 Å². The third-order valence-corrected chi connectivity index (χ3v) is 5.52. The van der Waals surface area contributed by atoms with Crippen molar-refractivity contribution in [3.8, 4) is 0 Å². The van der Waals surface area contributed by atoms with Crippen molar-refractivity contribution in [2.75, 3.05) is 13.1 Å². The molecule has 2 N–H and O–H groups in total. The predicted molar refractivity (Wildman–Crippen MR) is 113 cm³/mol. The van der Waals surface area contributed by atoms with Crippen LogP contribution in [0.25, 0.3) is 10.8 Å². The predicted octanol–water partition coefficient (Wildman–Crippen LogP) is 3.92. The van der Waals surface area contributed by atoms with Gasteiger partial charge in [0.25, 0.3) is 0 Å². The first-order chi connectivity index (χ1) is 11.5. The van der Waals surface area contributed by atoms with Crippen molar-refractivity contribution in [1.82, 2.24) is 15.0 Å². The summed E-state index contributed by atoms with van der Waals surface area (Å²) in [5.41, 5.74) is 0. The number of unbranched alkanes of at least 4 members (excludes halogenated alkanes) is 3. The van der Waals surface area contributed by atoms with E-state index in [1.165, 1.54) is 19.3 Å². The third kappa shape index (κ3) is 7.76. The maximum atomic E-state index is 12.5. The van der Waals surface area contributed by atoms with Gasteiger partial charge in [-0.15, -0.1) is 24.8 Å². The molecular weight excluding hydrogens is 393 g/mol. The van der Waals surface area contributed by atoms with E-state index in [-0.39, 0.29) is 35.8 Å². The highest BCUT2D eigenvalue weighted by atomic mass is 35.5. The van der Waals surface area contributed by atoms with E-state index in [9.17, 15) is 8.42 Å². The van der Waals surface area contributed by atoms with E-state index >= 15 is 0 Å². The minimum absolute atomic E-state index is 0. The van der Waals surface area contributed by atoms with Crippen LogP contribution in [-0.4, -0.2) is 32.5 Å². The van der Waals surface area contributed by atoms with Gasteiger partial charge in [-0.1, -0.05) is 32.3 Å². The minimum Gasteiger partial charge on any atom is -0.315 e. The first-order valence-electron chi connectivity index (χ1n) is 8.60. The van der Waals surface area contributed by atoms with E-state index in [0.717, 1.165) is 23.7 Å². The monoisotopic (exact) mass is 421 g/mol. The molecule has 0 amide bonds. The molecule has 148 valence electrons. The van der Waals surface area contributed by atoms with Crippen LogP contribution in [0, 0.1) is 0 Å². The summed E-state index contributed by atoms with van der Waals surface area (Å²) in [5.74, 6) is 0. The minimum atomic E-state index is -3.51. The summed E-state index contributed by atoms with van der Waals surface area (Å²) in [7, 11) is -3.51. The Balaban J connectivity index is 0.00000312. The summed E-state index contributed by atoms with van der Waals surface area (Å²) in [4.78, 5) is 4.33. The van der Waals surface area contributed by atoms with Gasteiger partial charge >= 0.3 is 0 Å². The number of rotatable bonds is 10. The molecule has 1 aromatic heterocycles. The van der Waals surface area contributed by atoms with Crippen LogP contribution in [0.5, 0.6) is 0 Å². The number of pyridine rings is 1. The number of sulfonamides is 1. The summed E-state index contributed by atoms with van der Waals surface area (Å²) in [6, 6.07) is 6.75. The molecule has 0 spiro atoms. The summed E-state index contributed by atoms with van der Waals surface area (Å²) in [6.07, 6.45) is 8.21. The van der Waals surface area contributed by atoms with Gasteiger partial charge < -0.3 is 5.32 Å². The molecule has 0 aliphatic rings. The van der Waals surface area contributed by atoms with Crippen LogP contribution >= 0.6 is 24.8 Å². The van der Waals surface area contributed by atoms with Crippen molar-refractivity contribution in [3.63, 3.8) is 0 Å². The Morgan fingerprint density at radius 3 is 2.58 bits per heavy atom. The molecule has 0 radical (unpaired) electrons. The van der Waals surface area contributed by atoms with Crippen molar-refractivity contribution in [2.45, 2.75) is 50.5 Å². The fraction of sp³-hybridized carbons (Fsp3) is 0.500. The van der Waals surface area contributed by atoms with Crippen molar-refractivity contribution in [3.05, 3.63) is 36.7 Å². The number of hydrogen-bond acceptors (Lipinski definition) is 4. The van der Waals surface area contributed by atoms with E-state index in [1.807, 2.05) is 13.0 Å². The number of fused-ring (bicyclic) bond motifs is 1. The van der Waals surface area contributed by atoms with E-state index in [0.29, 0.717) is 6.54 Å². The molecule has 2 aromatic rings. The van der Waals surface area contributed by atoms with Crippen molar-refractivity contribution < 1.29 is 8.42 Å². The molecular formula is C18H29Cl2N3O2S. The Morgan fingerprint density at radius 1 is 1.08 bits per heavy atom. The molecule has 26 heavy (non-hydrogen) atoms. The third-order valence-electron chi connectivity index (χ3n) is 3.94. The molecule has 0 unspecified atom stereocenters. The molecule has 2 rings (SSSR count). The van der Waals surface area contributed by atoms with Gasteiger partial charge in [-0.3, -0.25) is 4.98 Å². The molecule has 1 aromatic carbocycles. The topological polar surface area (TPSA) is 71.1 Å². The second-order valence-electron chi connectivity index (χ2n) is 6.17. The Kier molecular flexibility index (Phi) is 12.0. The highest BCUT2D eigenvalue weighted by Crippen LogP contribution is 2.18. The van der Waals surface area contributed by atoms with Crippen LogP contribution in [-0.2, 0) is 10.0 Å². The molecule has 0 saturated carbocycles. The zero-order chi connectivity index (χ0) is 17.4. The molecule has 1 heterocycles. The van der Waals surface area contributed by atoms with Crippen LogP contribution in [0.1, 0.15) is 39.5 Å². The van der Waals surface area contributed by atoms with Crippen LogP contribution in [0.4, 0.5) is 0 Å². The molecule has 0 bridgehead atoms. The Morgan fingerprint density at radius 2 is 1.85 bits per heavy atom. The molecule has 5 nitrogen and oxygen atoms in total. The van der Waals surface area contributed by atoms with Gasteiger partial charge in [-0.05, 0) is 43.5 Å². The zero-order valence-electron chi connectivity index (χ0n) is 15.3. The van der Waals surface area contributed by atoms with Gasteiger partial charge in [-0.25, -0.2) is 13.1 Å². The summed E-state index contributed by atoms with van der Waals surface area (Å²) >= 11 is 0. The van der Waals surface area contributed by atoms with Gasteiger partial charge in [0, 0.05) is 30.4 Å². The summed E-state index contributed by atoms with van der Waals surface area (Å²) in [6.45, 7) is 5.62. The number of aromatic nitrogens is 1. The SMILES string of the molecule is CCCCCCNC[C@@H](C)NS(=O)(=O)c1ccc2cnccc2c1.Cl.Cl. The smallest absolute Gasteiger partial charge is 0.240 e. The van der Waals surface area contributed by atoms with Crippen LogP contribution in [0.15, 0.2) is 41.6 Å². The van der Waals surface area contributed by atoms with Gasteiger partial charge in [0.1, 0.15) is 0 Å². The molecule has 0 aliphatic heterocycles. The van der Waals surface area contributed by atoms with Crippen molar-refractivity contribution >= 4 is 45.6 Å². The standard InChI is InChI=1S/C18H27N3O2S.2ClH/c1-3-4-5-6-10-19-13-15(2)21-24(22,23)18-8-7-17-14-20-11-9-16(17)12-18;;/h7-9,11-12,14-15,19,21H,3-6,10,13H2,1-2H3;2*1H/t15-;;/m1../s1. The largest absolute Gasteiger partial charge is 0.315 e. The highest BCUT2D eigenvalue weighted by molar-refractivity contribution is 7.89. The van der Waals surface area contributed by atoms with E-state index in [1.54, 1.807) is 30.6 Å². The fourth-order valence-corrected chi connectivity index (χ4v) is 3.88. The average molecular weight is 422 g/mol. The number of nitrogens with one attached hydrogen (secondary N) is 2. The van der Waals surface area contributed by atoms with E-state index in [4.69, 9.17) is 0 Å². The second-order valence-corrected chi connectivity index (χ2v) is 7.89. The lowest BCUT2D eigenvalue weighted by molar-refractivity contribution is 0.525. The molecule has 0 fully saturated rings. The van der Waals surface area contributed by atoms with E-state index in [2.05, 4.69) is 21.9 Å². The number of halogens is 2. The first kappa shape index (κ1) is 25.1. The number of benzene rings is 1. The second kappa shape index (κ2) is 12.5. The lowest BCUT2D eigenvalue weighted by atomic mass is 10.2. The maximum Gasteiger partial charge on any atom is 0.240 e. The van der Waals surface area contributed by atoms with Crippen molar-refractivity contribution in [2.24, 2.45) is 0 Å². The average Bonchev–Trinajstić information content (AvgIpc) is 2.57. The highest BCUT2D eigenvalue weighted by Gasteiger charge is 2.17. The molecule has 0 saturated heterocycles. The zero-order valence-corrected chi connectivity index (χ0v) is 17.7. The van der Waals surface area contributed by atoms with E-state index < -0.39 is 10.0 Å².